The molecule has 0 aliphatic heterocycles. The van der Waals surface area contributed by atoms with Gasteiger partial charge in [0, 0.05) is 30.7 Å². The summed E-state index contributed by atoms with van der Waals surface area (Å²) in [4.78, 5) is 9.12. The Hall–Kier alpha value is -1.99. The van der Waals surface area contributed by atoms with Crippen molar-refractivity contribution in [1.29, 1.82) is 0 Å². The largest absolute Gasteiger partial charge is 0.396 e. The molecule has 1 aromatic carbocycles. The monoisotopic (exact) mass is 361 g/mol. The first-order chi connectivity index (χ1) is 12.0. The number of hydrogen-bond acceptors (Lipinski definition) is 6. The highest BCUT2D eigenvalue weighted by molar-refractivity contribution is 7.90. The zero-order chi connectivity index (χ0) is 17.9. The van der Waals surface area contributed by atoms with Crippen molar-refractivity contribution in [2.24, 2.45) is 5.92 Å². The fraction of sp³-hybridized carbons (Fsp3) is 0.444. The fourth-order valence-electron chi connectivity index (χ4n) is 3.23. The topological polar surface area (TPSA) is 92.2 Å². The van der Waals surface area contributed by atoms with Crippen molar-refractivity contribution in [3.05, 3.63) is 36.5 Å². The molecule has 2 N–H and O–H groups in total. The van der Waals surface area contributed by atoms with Gasteiger partial charge in [0.1, 0.15) is 0 Å². The molecule has 134 valence electrons. The van der Waals surface area contributed by atoms with Crippen LogP contribution < -0.4 is 5.32 Å². The van der Waals surface area contributed by atoms with Crippen LogP contribution in [0.3, 0.4) is 0 Å². The van der Waals surface area contributed by atoms with Gasteiger partial charge < -0.3 is 10.4 Å². The third-order valence-corrected chi connectivity index (χ3v) is 5.74. The molecule has 3 rings (SSSR count). The van der Waals surface area contributed by atoms with Gasteiger partial charge in [-0.15, -0.1) is 0 Å². The quantitative estimate of drug-likeness (QED) is 0.850. The maximum atomic E-state index is 11.6. The summed E-state index contributed by atoms with van der Waals surface area (Å²) >= 11 is 0. The van der Waals surface area contributed by atoms with Crippen molar-refractivity contribution in [1.82, 2.24) is 9.97 Å². The average molecular weight is 361 g/mol. The highest BCUT2D eigenvalue weighted by atomic mass is 32.2. The van der Waals surface area contributed by atoms with Crippen molar-refractivity contribution in [2.75, 3.05) is 18.2 Å². The maximum absolute atomic E-state index is 11.6. The Bertz CT molecular complexity index is 822. The molecule has 2 atom stereocenters. The van der Waals surface area contributed by atoms with E-state index in [-0.39, 0.29) is 12.6 Å². The van der Waals surface area contributed by atoms with E-state index in [4.69, 9.17) is 0 Å². The van der Waals surface area contributed by atoms with Crippen LogP contribution >= 0.6 is 0 Å². The molecule has 1 aliphatic carbocycles. The second-order valence-corrected chi connectivity index (χ2v) is 8.63. The second-order valence-electron chi connectivity index (χ2n) is 6.62. The SMILES string of the molecule is CS(=O)(=O)c1ccc(-c2ccnc(N[C@@H]3CCC[C@H](CO)C3)n2)cc1. The molecule has 0 unspecified atom stereocenters. The summed E-state index contributed by atoms with van der Waals surface area (Å²) in [6, 6.07) is 8.77. The van der Waals surface area contributed by atoms with Crippen molar-refractivity contribution in [3.63, 3.8) is 0 Å². The molecular weight excluding hydrogens is 338 g/mol. The highest BCUT2D eigenvalue weighted by Gasteiger charge is 2.22. The molecule has 7 heteroatoms. The summed E-state index contributed by atoms with van der Waals surface area (Å²) in [5, 5.41) is 12.7. The van der Waals surface area contributed by atoms with Crippen LogP contribution in [0.15, 0.2) is 41.4 Å². The number of aliphatic hydroxyl groups excluding tert-OH is 1. The van der Waals surface area contributed by atoms with Crippen molar-refractivity contribution in [2.45, 2.75) is 36.6 Å². The molecule has 1 fully saturated rings. The van der Waals surface area contributed by atoms with E-state index >= 15 is 0 Å². The van der Waals surface area contributed by atoms with Gasteiger partial charge in [0.25, 0.3) is 0 Å². The molecular formula is C18H23N3O3S. The van der Waals surface area contributed by atoms with E-state index in [1.54, 1.807) is 36.5 Å². The molecule has 0 amide bonds. The predicted molar refractivity (Wildman–Crippen MR) is 97.0 cm³/mol. The minimum absolute atomic E-state index is 0.228. The van der Waals surface area contributed by atoms with Crippen molar-refractivity contribution in [3.8, 4) is 11.3 Å². The van der Waals surface area contributed by atoms with Crippen LogP contribution in [-0.2, 0) is 9.84 Å². The lowest BCUT2D eigenvalue weighted by Crippen LogP contribution is -2.29. The summed E-state index contributed by atoms with van der Waals surface area (Å²) in [6.07, 6.45) is 7.03. The molecule has 0 spiro atoms. The van der Waals surface area contributed by atoms with E-state index in [0.29, 0.717) is 16.8 Å². The number of benzene rings is 1. The Balaban J connectivity index is 1.75. The van der Waals surface area contributed by atoms with Gasteiger partial charge in [-0.05, 0) is 43.4 Å². The molecule has 1 aliphatic rings. The van der Waals surface area contributed by atoms with E-state index in [0.717, 1.165) is 36.9 Å². The molecule has 1 heterocycles. The Morgan fingerprint density at radius 1 is 1.20 bits per heavy atom. The number of hydrogen-bond donors (Lipinski definition) is 2. The lowest BCUT2D eigenvalue weighted by molar-refractivity contribution is 0.184. The van der Waals surface area contributed by atoms with E-state index in [2.05, 4.69) is 15.3 Å². The fourth-order valence-corrected chi connectivity index (χ4v) is 3.86. The van der Waals surface area contributed by atoms with Gasteiger partial charge in [-0.1, -0.05) is 18.6 Å². The van der Waals surface area contributed by atoms with Crippen molar-refractivity contribution >= 4 is 15.8 Å². The zero-order valence-corrected chi connectivity index (χ0v) is 15.0. The molecule has 25 heavy (non-hydrogen) atoms. The Morgan fingerprint density at radius 2 is 1.96 bits per heavy atom. The van der Waals surface area contributed by atoms with Crippen LogP contribution in [0, 0.1) is 5.92 Å². The van der Waals surface area contributed by atoms with Gasteiger partial charge in [-0.2, -0.15) is 0 Å². The van der Waals surface area contributed by atoms with Gasteiger partial charge in [0.15, 0.2) is 9.84 Å². The molecule has 0 saturated heterocycles. The van der Waals surface area contributed by atoms with E-state index in [1.165, 1.54) is 6.26 Å². The van der Waals surface area contributed by atoms with Gasteiger partial charge in [-0.3, -0.25) is 0 Å². The Kier molecular flexibility index (Phi) is 5.34. The molecule has 1 aromatic heterocycles. The molecule has 1 saturated carbocycles. The summed E-state index contributed by atoms with van der Waals surface area (Å²) in [6.45, 7) is 0.228. The van der Waals surface area contributed by atoms with Gasteiger partial charge in [0.2, 0.25) is 5.95 Å². The first-order valence-electron chi connectivity index (χ1n) is 8.46. The molecule has 6 nitrogen and oxygen atoms in total. The number of sulfone groups is 1. The summed E-state index contributed by atoms with van der Waals surface area (Å²) in [5.74, 6) is 0.909. The lowest BCUT2D eigenvalue weighted by Gasteiger charge is -2.28. The van der Waals surface area contributed by atoms with Crippen LogP contribution in [-0.4, -0.2) is 42.4 Å². The number of rotatable bonds is 5. The van der Waals surface area contributed by atoms with Crippen LogP contribution in [0.2, 0.25) is 0 Å². The minimum atomic E-state index is -3.20. The van der Waals surface area contributed by atoms with Crippen molar-refractivity contribution < 1.29 is 13.5 Å². The summed E-state index contributed by atoms with van der Waals surface area (Å²) in [7, 11) is -3.20. The molecule has 0 bridgehead atoms. The third-order valence-electron chi connectivity index (χ3n) is 4.61. The Labute approximate surface area is 148 Å². The molecule has 0 radical (unpaired) electrons. The van der Waals surface area contributed by atoms with E-state index in [1.807, 2.05) is 0 Å². The van der Waals surface area contributed by atoms with E-state index < -0.39 is 9.84 Å². The number of aromatic nitrogens is 2. The third kappa shape index (κ3) is 4.55. The number of aliphatic hydroxyl groups is 1. The predicted octanol–water partition coefficient (Wildman–Crippen LogP) is 2.51. The molecule has 2 aromatic rings. The number of nitrogens with one attached hydrogen (secondary N) is 1. The normalized spacial score (nSPS) is 21.0. The standard InChI is InChI=1S/C18H23N3O3S/c1-25(23,24)16-7-5-14(6-8-16)17-9-10-19-18(21-17)20-15-4-2-3-13(11-15)12-22/h5-10,13,15,22H,2-4,11-12H2,1H3,(H,19,20,21)/t13-,15+/m0/s1. The first-order valence-corrected chi connectivity index (χ1v) is 10.4. The average Bonchev–Trinajstić information content (AvgIpc) is 2.61. The zero-order valence-electron chi connectivity index (χ0n) is 14.2. The van der Waals surface area contributed by atoms with E-state index in [9.17, 15) is 13.5 Å². The smallest absolute Gasteiger partial charge is 0.223 e. The van der Waals surface area contributed by atoms with Crippen LogP contribution in [0.5, 0.6) is 0 Å². The van der Waals surface area contributed by atoms with Gasteiger partial charge >= 0.3 is 0 Å². The number of anilines is 1. The van der Waals surface area contributed by atoms with Gasteiger partial charge in [-0.25, -0.2) is 18.4 Å². The van der Waals surface area contributed by atoms with Crippen LogP contribution in [0.25, 0.3) is 11.3 Å². The maximum Gasteiger partial charge on any atom is 0.223 e. The summed E-state index contributed by atoms with van der Waals surface area (Å²) < 4.78 is 23.1. The second kappa shape index (κ2) is 7.49. The van der Waals surface area contributed by atoms with Gasteiger partial charge in [0.05, 0.1) is 10.6 Å². The lowest BCUT2D eigenvalue weighted by atomic mass is 9.86. The minimum Gasteiger partial charge on any atom is -0.396 e. The van der Waals surface area contributed by atoms with Crippen LogP contribution in [0.1, 0.15) is 25.7 Å². The summed E-state index contributed by atoms with van der Waals surface area (Å²) in [5.41, 5.74) is 1.58. The first kappa shape index (κ1) is 17.8. The Morgan fingerprint density at radius 3 is 2.64 bits per heavy atom. The van der Waals surface area contributed by atoms with Crippen LogP contribution in [0.4, 0.5) is 5.95 Å². The number of nitrogens with zero attached hydrogens (tertiary/aromatic N) is 2. The highest BCUT2D eigenvalue weighted by Crippen LogP contribution is 2.26.